The van der Waals surface area contributed by atoms with E-state index in [1.54, 1.807) is 13.0 Å². The fraction of sp³-hybridized carbons (Fsp3) is 0.286. The average Bonchev–Trinajstić information content (AvgIpc) is 2.91. The van der Waals surface area contributed by atoms with Crippen molar-refractivity contribution < 1.29 is 36.3 Å². The molecule has 3 aromatic rings. The largest absolute Gasteiger partial charge is 0.495 e. The van der Waals surface area contributed by atoms with E-state index in [2.05, 4.69) is 5.32 Å². The highest BCUT2D eigenvalue weighted by Gasteiger charge is 2.27. The molecule has 0 atom stereocenters. The Bertz CT molecular complexity index is 1450. The third-order valence-electron chi connectivity index (χ3n) is 5.85. The maximum absolute atomic E-state index is 14.7. The Morgan fingerprint density at radius 1 is 1.00 bits per heavy atom. The smallest absolute Gasteiger partial charge is 0.305 e. The number of carbonyl (C=O) groups is 2. The van der Waals surface area contributed by atoms with Gasteiger partial charge in [-0.15, -0.1) is 0 Å². The molecular formula is C28H29ClF2N2O6S. The van der Waals surface area contributed by atoms with Crippen LogP contribution in [0.25, 0.3) is 0 Å². The van der Waals surface area contributed by atoms with E-state index in [-0.39, 0.29) is 48.4 Å². The molecule has 0 aliphatic rings. The number of ether oxygens (including phenoxy) is 2. The maximum Gasteiger partial charge on any atom is 0.305 e. The lowest BCUT2D eigenvalue weighted by atomic mass is 10.2. The third kappa shape index (κ3) is 8.23. The summed E-state index contributed by atoms with van der Waals surface area (Å²) in [5, 5.41) is 2.80. The molecule has 0 saturated heterocycles. The van der Waals surface area contributed by atoms with Crippen molar-refractivity contribution in [1.82, 2.24) is 4.31 Å². The third-order valence-corrected chi connectivity index (χ3v) is 7.92. The molecule has 1 N–H and O–H groups in total. The fourth-order valence-electron chi connectivity index (χ4n) is 3.82. The number of esters is 1. The lowest BCUT2D eigenvalue weighted by molar-refractivity contribution is -0.143. The zero-order valence-electron chi connectivity index (χ0n) is 22.0. The van der Waals surface area contributed by atoms with Crippen molar-refractivity contribution in [3.63, 3.8) is 0 Å². The van der Waals surface area contributed by atoms with Crippen molar-refractivity contribution in [2.75, 3.05) is 25.6 Å². The lowest BCUT2D eigenvalue weighted by Crippen LogP contribution is -2.32. The first kappa shape index (κ1) is 31.0. The number of amides is 1. The predicted molar refractivity (Wildman–Crippen MR) is 147 cm³/mol. The number of carbonyl (C=O) groups excluding carboxylic acids is 2. The summed E-state index contributed by atoms with van der Waals surface area (Å²) in [6.45, 7) is 1.84. The molecule has 0 aromatic heterocycles. The molecule has 0 spiro atoms. The number of hydrogen-bond acceptors (Lipinski definition) is 6. The van der Waals surface area contributed by atoms with Gasteiger partial charge in [-0.2, -0.15) is 4.31 Å². The van der Waals surface area contributed by atoms with E-state index in [9.17, 15) is 26.8 Å². The summed E-state index contributed by atoms with van der Waals surface area (Å²) in [6.07, 6.45) is 0.807. The van der Waals surface area contributed by atoms with Crippen LogP contribution in [0.4, 0.5) is 14.5 Å². The van der Waals surface area contributed by atoms with Crippen LogP contribution in [0.2, 0.25) is 5.02 Å². The first-order valence-electron chi connectivity index (χ1n) is 12.4. The number of anilines is 1. The molecular weight excluding hydrogens is 566 g/mol. The number of sulfonamides is 1. The number of unbranched alkanes of at least 4 members (excludes halogenated alkanes) is 1. The van der Waals surface area contributed by atoms with Crippen molar-refractivity contribution in [1.29, 1.82) is 0 Å². The van der Waals surface area contributed by atoms with Gasteiger partial charge in [0.25, 0.3) is 5.91 Å². The normalized spacial score (nSPS) is 11.3. The molecule has 0 saturated carbocycles. The Morgan fingerprint density at radius 3 is 2.40 bits per heavy atom. The molecule has 40 heavy (non-hydrogen) atoms. The average molecular weight is 595 g/mol. The summed E-state index contributed by atoms with van der Waals surface area (Å²) in [5.41, 5.74) is 0.183. The number of hydrogen-bond donors (Lipinski definition) is 1. The fourth-order valence-corrected chi connectivity index (χ4v) is 5.49. The minimum atomic E-state index is -4.25. The van der Waals surface area contributed by atoms with Gasteiger partial charge in [-0.05, 0) is 73.9 Å². The second-order valence-electron chi connectivity index (χ2n) is 8.67. The van der Waals surface area contributed by atoms with Crippen LogP contribution in [0.1, 0.15) is 42.1 Å². The molecule has 0 bridgehead atoms. The van der Waals surface area contributed by atoms with E-state index in [0.717, 1.165) is 22.5 Å². The molecule has 0 aliphatic carbocycles. The van der Waals surface area contributed by atoms with Gasteiger partial charge >= 0.3 is 5.97 Å². The van der Waals surface area contributed by atoms with Gasteiger partial charge in [-0.25, -0.2) is 17.2 Å². The number of benzene rings is 3. The number of rotatable bonds is 13. The summed E-state index contributed by atoms with van der Waals surface area (Å²) in [6, 6.07) is 12.7. The van der Waals surface area contributed by atoms with Crippen molar-refractivity contribution in [2.24, 2.45) is 0 Å². The Kier molecular flexibility index (Phi) is 11.0. The van der Waals surface area contributed by atoms with Crippen LogP contribution >= 0.6 is 11.6 Å². The molecule has 1 amide bonds. The lowest BCUT2D eigenvalue weighted by Gasteiger charge is -2.23. The standard InChI is InChI=1S/C28H29ClF2N2O6S/c1-3-39-27(34)6-4-5-15-33(18-19-7-10-21(30)11-8-19)40(36,37)22-12-13-24(31)23(17-22)28(35)32-25-16-20(29)9-14-26(25)38-2/h7-14,16-17H,3-6,15,18H2,1-2H3,(H,32,35). The number of methoxy groups -OCH3 is 1. The second kappa shape index (κ2) is 14.2. The Labute approximate surface area is 236 Å². The molecule has 3 rings (SSSR count). The Hall–Kier alpha value is -3.54. The summed E-state index contributed by atoms with van der Waals surface area (Å²) in [7, 11) is -2.87. The van der Waals surface area contributed by atoms with E-state index in [1.807, 2.05) is 0 Å². The zero-order valence-corrected chi connectivity index (χ0v) is 23.5. The molecule has 0 fully saturated rings. The van der Waals surface area contributed by atoms with Crippen LogP contribution in [0.15, 0.2) is 65.6 Å². The highest BCUT2D eigenvalue weighted by atomic mass is 35.5. The molecule has 12 heteroatoms. The Morgan fingerprint density at radius 2 is 1.73 bits per heavy atom. The summed E-state index contributed by atoms with van der Waals surface area (Å²) in [5.74, 6) is -2.43. The van der Waals surface area contributed by atoms with Crippen molar-refractivity contribution >= 4 is 39.2 Å². The molecule has 8 nitrogen and oxygen atoms in total. The minimum absolute atomic E-state index is 0.0116. The van der Waals surface area contributed by atoms with Crippen LogP contribution in [0.5, 0.6) is 5.75 Å². The van der Waals surface area contributed by atoms with Gasteiger partial charge in [0.2, 0.25) is 10.0 Å². The van der Waals surface area contributed by atoms with Gasteiger partial charge < -0.3 is 14.8 Å². The molecule has 0 radical (unpaired) electrons. The highest BCUT2D eigenvalue weighted by Crippen LogP contribution is 2.29. The van der Waals surface area contributed by atoms with Crippen molar-refractivity contribution in [3.8, 4) is 5.75 Å². The summed E-state index contributed by atoms with van der Waals surface area (Å²) >= 11 is 6.00. The van der Waals surface area contributed by atoms with Gasteiger partial charge in [-0.3, -0.25) is 9.59 Å². The van der Waals surface area contributed by atoms with E-state index in [0.29, 0.717) is 23.4 Å². The summed E-state index contributed by atoms with van der Waals surface area (Å²) in [4.78, 5) is 24.3. The van der Waals surface area contributed by atoms with Gasteiger partial charge in [0.15, 0.2) is 0 Å². The van der Waals surface area contributed by atoms with Crippen LogP contribution in [-0.2, 0) is 26.1 Å². The first-order valence-corrected chi connectivity index (χ1v) is 14.2. The van der Waals surface area contributed by atoms with Crippen LogP contribution in [-0.4, -0.2) is 44.9 Å². The van der Waals surface area contributed by atoms with Gasteiger partial charge in [0.05, 0.1) is 29.9 Å². The van der Waals surface area contributed by atoms with E-state index >= 15 is 0 Å². The monoisotopic (exact) mass is 594 g/mol. The van der Waals surface area contributed by atoms with Crippen LogP contribution in [0.3, 0.4) is 0 Å². The highest BCUT2D eigenvalue weighted by molar-refractivity contribution is 7.89. The first-order chi connectivity index (χ1) is 19.0. The second-order valence-corrected chi connectivity index (χ2v) is 11.0. The topological polar surface area (TPSA) is 102 Å². The van der Waals surface area contributed by atoms with Crippen molar-refractivity contribution in [2.45, 2.75) is 37.6 Å². The number of nitrogens with zero attached hydrogens (tertiary/aromatic N) is 1. The maximum atomic E-state index is 14.7. The van der Waals surface area contributed by atoms with Gasteiger partial charge in [0.1, 0.15) is 17.4 Å². The van der Waals surface area contributed by atoms with Crippen molar-refractivity contribution in [3.05, 3.63) is 88.4 Å². The zero-order chi connectivity index (χ0) is 29.3. The van der Waals surface area contributed by atoms with E-state index < -0.39 is 33.1 Å². The van der Waals surface area contributed by atoms with E-state index in [1.165, 1.54) is 43.5 Å². The van der Waals surface area contributed by atoms with Gasteiger partial charge in [0, 0.05) is 24.5 Å². The molecule has 3 aromatic carbocycles. The SMILES string of the molecule is CCOC(=O)CCCCN(Cc1ccc(F)cc1)S(=O)(=O)c1ccc(F)c(C(=O)Nc2cc(Cl)ccc2OC)c1. The molecule has 214 valence electrons. The Balaban J connectivity index is 1.88. The molecule has 0 heterocycles. The van der Waals surface area contributed by atoms with Crippen LogP contribution < -0.4 is 10.1 Å². The number of halogens is 3. The quantitative estimate of drug-likeness (QED) is 0.198. The number of nitrogens with one attached hydrogen (secondary N) is 1. The van der Waals surface area contributed by atoms with Crippen LogP contribution in [0, 0.1) is 11.6 Å². The molecule has 0 unspecified atom stereocenters. The van der Waals surface area contributed by atoms with E-state index in [4.69, 9.17) is 21.1 Å². The predicted octanol–water partition coefficient (Wildman–Crippen LogP) is 5.80. The summed E-state index contributed by atoms with van der Waals surface area (Å²) < 4.78 is 66.8. The van der Waals surface area contributed by atoms with Gasteiger partial charge in [-0.1, -0.05) is 23.7 Å². The minimum Gasteiger partial charge on any atom is -0.495 e. The molecule has 0 aliphatic heterocycles.